The lowest BCUT2D eigenvalue weighted by Gasteiger charge is -2.17. The van der Waals surface area contributed by atoms with Crippen LogP contribution in [0.1, 0.15) is 12.6 Å². The van der Waals surface area contributed by atoms with Crippen molar-refractivity contribution in [1.82, 2.24) is 15.6 Å². The first-order valence-corrected chi connectivity index (χ1v) is 10.1. The fourth-order valence-electron chi connectivity index (χ4n) is 2.08. The maximum absolute atomic E-state index is 13.4. The van der Waals surface area contributed by atoms with E-state index in [2.05, 4.69) is 46.7 Å². The van der Waals surface area contributed by atoms with Crippen LogP contribution in [0.4, 0.5) is 10.1 Å². The Morgan fingerprint density at radius 1 is 1.45 bits per heavy atom. The van der Waals surface area contributed by atoms with Crippen LogP contribution in [0.2, 0.25) is 0 Å². The molecule has 0 aliphatic carbocycles. The fourth-order valence-corrected chi connectivity index (χ4v) is 3.18. The van der Waals surface area contributed by atoms with Gasteiger partial charge in [0.05, 0.1) is 22.9 Å². The van der Waals surface area contributed by atoms with E-state index in [9.17, 15) is 19.5 Å². The predicted octanol–water partition coefficient (Wildman–Crippen LogP) is 1.42. The van der Waals surface area contributed by atoms with E-state index >= 15 is 0 Å². The first kappa shape index (κ1) is 23.1. The number of aliphatic hydroxyl groups excluding tert-OH is 2. The van der Waals surface area contributed by atoms with Gasteiger partial charge < -0.3 is 26.1 Å². The number of benzene rings is 1. The number of oxime groups is 1. The third-order valence-electron chi connectivity index (χ3n) is 3.78. The summed E-state index contributed by atoms with van der Waals surface area (Å²) in [4.78, 5) is 12.0. The molecule has 13 heteroatoms. The highest BCUT2D eigenvalue weighted by atomic mass is 79.9. The number of amidine groups is 1. The van der Waals surface area contributed by atoms with Crippen LogP contribution in [-0.4, -0.2) is 62.5 Å². The van der Waals surface area contributed by atoms with E-state index < -0.39 is 17.8 Å². The molecule has 158 valence electrons. The zero-order valence-electron chi connectivity index (χ0n) is 15.2. The molecule has 5 N–H and O–H groups in total. The molecule has 1 aromatic heterocycles. The maximum atomic E-state index is 13.4. The van der Waals surface area contributed by atoms with E-state index in [1.165, 1.54) is 25.1 Å². The minimum atomic E-state index is -0.764. The Morgan fingerprint density at radius 2 is 2.21 bits per heavy atom. The van der Waals surface area contributed by atoms with Crippen LogP contribution in [0.3, 0.4) is 0 Å². The largest absolute Gasteiger partial charge is 0.409 e. The molecule has 29 heavy (non-hydrogen) atoms. The van der Waals surface area contributed by atoms with E-state index in [-0.39, 0.29) is 45.8 Å². The number of hydrogen-bond acceptors (Lipinski definition) is 9. The molecule has 1 aromatic carbocycles. The van der Waals surface area contributed by atoms with Crippen LogP contribution in [0.5, 0.6) is 0 Å². The maximum Gasteiger partial charge on any atom is 0.230 e. The van der Waals surface area contributed by atoms with Gasteiger partial charge in [-0.05, 0) is 51.4 Å². The van der Waals surface area contributed by atoms with E-state index in [0.717, 1.165) is 11.8 Å². The molecule has 10 nitrogen and oxygen atoms in total. The van der Waals surface area contributed by atoms with Crippen LogP contribution in [-0.2, 0) is 4.79 Å². The summed E-state index contributed by atoms with van der Waals surface area (Å²) < 4.78 is 18.2. The molecule has 0 radical (unpaired) electrons. The number of rotatable bonds is 9. The molecule has 0 saturated heterocycles. The first-order chi connectivity index (χ1) is 13.8. The molecule has 0 bridgehead atoms. The van der Waals surface area contributed by atoms with E-state index in [0.29, 0.717) is 5.69 Å². The lowest BCUT2D eigenvalue weighted by Crippen LogP contribution is -2.36. The van der Waals surface area contributed by atoms with Crippen molar-refractivity contribution in [3.8, 4) is 0 Å². The van der Waals surface area contributed by atoms with Crippen LogP contribution >= 0.6 is 27.7 Å². The third-order valence-corrected chi connectivity index (χ3v) is 5.34. The summed E-state index contributed by atoms with van der Waals surface area (Å²) in [7, 11) is 0. The van der Waals surface area contributed by atoms with Crippen molar-refractivity contribution < 1.29 is 29.2 Å². The molecule has 2 atom stereocenters. The number of aromatic nitrogens is 2. The van der Waals surface area contributed by atoms with Gasteiger partial charge in [0.1, 0.15) is 5.82 Å². The number of amides is 1. The average Bonchev–Trinajstić information content (AvgIpc) is 3.15. The summed E-state index contributed by atoms with van der Waals surface area (Å²) in [5.41, 5.74) is 0.471. The Morgan fingerprint density at radius 3 is 2.83 bits per heavy atom. The molecular weight excluding hydrogens is 473 g/mol. The lowest BCUT2D eigenvalue weighted by molar-refractivity contribution is -0.118. The topological polar surface area (TPSA) is 153 Å². The second-order valence-corrected chi connectivity index (χ2v) is 7.71. The molecule has 0 fully saturated rings. The zero-order valence-corrected chi connectivity index (χ0v) is 17.6. The number of carbonyl (C=O) groups is 1. The van der Waals surface area contributed by atoms with Crippen molar-refractivity contribution in [2.75, 3.05) is 24.2 Å². The summed E-state index contributed by atoms with van der Waals surface area (Å²) in [6.07, 6.45) is -0.764. The number of halogens is 2. The highest BCUT2D eigenvalue weighted by molar-refractivity contribution is 9.10. The molecule has 1 heterocycles. The summed E-state index contributed by atoms with van der Waals surface area (Å²) in [6, 6.07) is 4.09. The number of nitrogens with zero attached hydrogens (tertiary/aromatic N) is 3. The molecule has 0 saturated carbocycles. The first-order valence-electron chi connectivity index (χ1n) is 8.31. The van der Waals surface area contributed by atoms with Crippen LogP contribution < -0.4 is 10.6 Å². The minimum absolute atomic E-state index is 0.0556. The van der Waals surface area contributed by atoms with Gasteiger partial charge in [0.15, 0.2) is 10.7 Å². The van der Waals surface area contributed by atoms with Crippen molar-refractivity contribution in [1.29, 1.82) is 0 Å². The molecule has 0 aliphatic heterocycles. The van der Waals surface area contributed by atoms with Gasteiger partial charge in [-0.2, -0.15) is 0 Å². The third kappa shape index (κ3) is 6.66. The Kier molecular flexibility index (Phi) is 8.82. The van der Waals surface area contributed by atoms with Gasteiger partial charge in [-0.15, -0.1) is 0 Å². The number of anilines is 1. The molecule has 0 aliphatic rings. The van der Waals surface area contributed by atoms with Gasteiger partial charge >= 0.3 is 0 Å². The normalized spacial score (nSPS) is 13.8. The smallest absolute Gasteiger partial charge is 0.230 e. The highest BCUT2D eigenvalue weighted by Crippen LogP contribution is 2.23. The Balaban J connectivity index is 1.98. The second kappa shape index (κ2) is 11.1. The number of carbonyl (C=O) groups excluding carboxylic acids is 1. The summed E-state index contributed by atoms with van der Waals surface area (Å²) >= 11 is 4.04. The molecule has 1 amide bonds. The van der Waals surface area contributed by atoms with Crippen molar-refractivity contribution in [2.45, 2.75) is 18.1 Å². The Labute approximate surface area is 177 Å². The van der Waals surface area contributed by atoms with Gasteiger partial charge in [-0.1, -0.05) is 16.9 Å². The molecule has 2 aromatic rings. The fraction of sp³-hybridized carbons (Fsp3) is 0.375. The van der Waals surface area contributed by atoms with E-state index in [1.54, 1.807) is 0 Å². The zero-order chi connectivity index (χ0) is 21.4. The molecule has 0 spiro atoms. The van der Waals surface area contributed by atoms with Crippen LogP contribution in [0, 0.1) is 11.7 Å². The standard InChI is InChI=1S/C16H19BrFN5O5S/c1-8(25)9(6-24)5-19-13(26)7-29-16-14(22-28-23-16)15(21-27)20-10-2-3-12(18)11(17)4-10/h2-4,8-9,24-25,27H,5-7H2,1H3,(H,19,26)(H,20,21)/t8-,9-/m1/s1. The van der Waals surface area contributed by atoms with Crippen LogP contribution in [0.15, 0.2) is 37.5 Å². The van der Waals surface area contributed by atoms with Gasteiger partial charge in [0.25, 0.3) is 0 Å². The number of nitrogens with one attached hydrogen (secondary N) is 2. The lowest BCUT2D eigenvalue weighted by atomic mass is 10.1. The predicted molar refractivity (Wildman–Crippen MR) is 106 cm³/mol. The minimum Gasteiger partial charge on any atom is -0.409 e. The van der Waals surface area contributed by atoms with Gasteiger partial charge in [-0.25, -0.2) is 9.02 Å². The quantitative estimate of drug-likeness (QED) is 0.115. The molecule has 0 unspecified atom stereocenters. The Hall–Kier alpha value is -2.22. The molecule has 2 rings (SSSR count). The van der Waals surface area contributed by atoms with Gasteiger partial charge in [0, 0.05) is 18.2 Å². The van der Waals surface area contributed by atoms with Crippen molar-refractivity contribution in [3.63, 3.8) is 0 Å². The van der Waals surface area contributed by atoms with Crippen molar-refractivity contribution in [2.24, 2.45) is 11.1 Å². The summed E-state index contributed by atoms with van der Waals surface area (Å²) in [5, 5.41) is 43.9. The molecular formula is C16H19BrFN5O5S. The van der Waals surface area contributed by atoms with Crippen molar-refractivity contribution >= 4 is 45.1 Å². The average molecular weight is 492 g/mol. The number of thioether (sulfide) groups is 1. The second-order valence-electron chi connectivity index (χ2n) is 5.90. The van der Waals surface area contributed by atoms with Gasteiger partial charge in [-0.3, -0.25) is 4.79 Å². The highest BCUT2D eigenvalue weighted by Gasteiger charge is 2.20. The summed E-state index contributed by atoms with van der Waals surface area (Å²) in [5.74, 6) is -1.45. The monoisotopic (exact) mass is 491 g/mol. The number of aliphatic hydroxyl groups is 2. The van der Waals surface area contributed by atoms with Gasteiger partial charge in [0.2, 0.25) is 11.7 Å². The SMILES string of the molecule is C[C@@H](O)[C@@H](CO)CNC(=O)CSc1nonc1/C(=N/O)Nc1ccc(F)c(Br)c1. The van der Waals surface area contributed by atoms with Crippen molar-refractivity contribution in [3.05, 3.63) is 34.2 Å². The summed E-state index contributed by atoms with van der Waals surface area (Å²) in [6.45, 7) is 1.38. The van der Waals surface area contributed by atoms with Crippen LogP contribution in [0.25, 0.3) is 0 Å². The van der Waals surface area contributed by atoms with E-state index in [4.69, 9.17) is 5.11 Å². The van der Waals surface area contributed by atoms with E-state index in [1.807, 2.05) is 0 Å². The Bertz CT molecular complexity index is 866. The number of hydrogen-bond donors (Lipinski definition) is 5.